The fourth-order valence-corrected chi connectivity index (χ4v) is 3.96. The second-order valence-corrected chi connectivity index (χ2v) is 8.03. The number of carbonyl (C=O) groups is 3. The zero-order valence-electron chi connectivity index (χ0n) is 18.6. The molecule has 1 aromatic carbocycles. The first-order valence-corrected chi connectivity index (χ1v) is 11.1. The predicted molar refractivity (Wildman–Crippen MR) is 123 cm³/mol. The molecular weight excluding hydrogens is 452 g/mol. The number of nitrogens with zero attached hydrogens (tertiary/aromatic N) is 4. The smallest absolute Gasteiger partial charge is 0.275 e. The van der Waals surface area contributed by atoms with Crippen molar-refractivity contribution in [1.29, 1.82) is 0 Å². The standard InChI is InChI=1S/C24H22N6O5/c31-22(17-3-1-2-8-25-17)29-21-20(26-9-10-27-21)23(32)28-16-6-11-30(12-7-16)24(33)15-4-5-18-19(13-15)35-14-34-18/h1-5,8-10,13,16H,6-7,11-12,14H2,(H,28,32)(H,27,29,31). The van der Waals surface area contributed by atoms with Crippen molar-refractivity contribution in [1.82, 2.24) is 25.2 Å². The first-order valence-electron chi connectivity index (χ1n) is 11.1. The molecule has 3 aromatic rings. The van der Waals surface area contributed by atoms with Crippen LogP contribution in [0.4, 0.5) is 5.82 Å². The van der Waals surface area contributed by atoms with Gasteiger partial charge in [0.25, 0.3) is 17.7 Å². The van der Waals surface area contributed by atoms with E-state index in [-0.39, 0.29) is 35.9 Å². The van der Waals surface area contributed by atoms with E-state index < -0.39 is 11.8 Å². The monoisotopic (exact) mass is 474 g/mol. The van der Waals surface area contributed by atoms with Crippen molar-refractivity contribution in [3.8, 4) is 11.5 Å². The fourth-order valence-electron chi connectivity index (χ4n) is 3.96. The van der Waals surface area contributed by atoms with Crippen LogP contribution in [-0.4, -0.2) is 63.5 Å². The molecule has 0 unspecified atom stereocenters. The first kappa shape index (κ1) is 22.3. The van der Waals surface area contributed by atoms with E-state index in [0.29, 0.717) is 43.0 Å². The van der Waals surface area contributed by atoms with Crippen molar-refractivity contribution in [2.24, 2.45) is 0 Å². The highest BCUT2D eigenvalue weighted by atomic mass is 16.7. The van der Waals surface area contributed by atoms with Gasteiger partial charge in [0.15, 0.2) is 23.0 Å². The van der Waals surface area contributed by atoms with Crippen molar-refractivity contribution in [2.45, 2.75) is 18.9 Å². The normalized spacial score (nSPS) is 14.9. The van der Waals surface area contributed by atoms with Crippen molar-refractivity contribution < 1.29 is 23.9 Å². The molecule has 0 spiro atoms. The molecular formula is C24H22N6O5. The molecule has 0 bridgehead atoms. The highest BCUT2D eigenvalue weighted by molar-refractivity contribution is 6.06. The second kappa shape index (κ2) is 9.75. The van der Waals surface area contributed by atoms with Crippen molar-refractivity contribution in [2.75, 3.05) is 25.2 Å². The molecule has 0 aliphatic carbocycles. The average Bonchev–Trinajstić information content (AvgIpc) is 3.37. The summed E-state index contributed by atoms with van der Waals surface area (Å²) in [6.07, 6.45) is 5.45. The van der Waals surface area contributed by atoms with E-state index >= 15 is 0 Å². The summed E-state index contributed by atoms with van der Waals surface area (Å²) in [5.74, 6) is 0.207. The number of ether oxygens (including phenoxy) is 2. The van der Waals surface area contributed by atoms with Crippen LogP contribution in [0.1, 0.15) is 44.2 Å². The van der Waals surface area contributed by atoms with E-state index in [1.807, 2.05) is 0 Å². The van der Waals surface area contributed by atoms with Gasteiger partial charge in [-0.05, 0) is 43.2 Å². The number of aromatic nitrogens is 3. The molecule has 5 rings (SSSR count). The maximum atomic E-state index is 12.9. The molecule has 178 valence electrons. The number of nitrogens with one attached hydrogen (secondary N) is 2. The molecule has 3 amide bonds. The molecule has 4 heterocycles. The van der Waals surface area contributed by atoms with E-state index in [2.05, 4.69) is 25.6 Å². The molecule has 2 N–H and O–H groups in total. The molecule has 2 aliphatic heterocycles. The zero-order chi connectivity index (χ0) is 24.2. The molecule has 1 fully saturated rings. The van der Waals surface area contributed by atoms with Gasteiger partial charge in [-0.2, -0.15) is 0 Å². The Morgan fingerprint density at radius 1 is 0.886 bits per heavy atom. The largest absolute Gasteiger partial charge is 0.454 e. The Hall–Kier alpha value is -4.54. The summed E-state index contributed by atoms with van der Waals surface area (Å²) in [5.41, 5.74) is 0.740. The summed E-state index contributed by atoms with van der Waals surface area (Å²) >= 11 is 0. The van der Waals surface area contributed by atoms with Crippen LogP contribution in [0.3, 0.4) is 0 Å². The van der Waals surface area contributed by atoms with Crippen molar-refractivity contribution >= 4 is 23.5 Å². The van der Waals surface area contributed by atoms with Gasteiger partial charge in [0.05, 0.1) is 0 Å². The van der Waals surface area contributed by atoms with Gasteiger partial charge in [0.1, 0.15) is 5.69 Å². The molecule has 0 radical (unpaired) electrons. The molecule has 11 heteroatoms. The van der Waals surface area contributed by atoms with Crippen LogP contribution < -0.4 is 20.1 Å². The lowest BCUT2D eigenvalue weighted by molar-refractivity contribution is 0.0697. The van der Waals surface area contributed by atoms with Crippen LogP contribution in [0.2, 0.25) is 0 Å². The van der Waals surface area contributed by atoms with Gasteiger partial charge in [-0.15, -0.1) is 0 Å². The third-order valence-corrected chi connectivity index (χ3v) is 5.78. The Morgan fingerprint density at radius 3 is 2.49 bits per heavy atom. The average molecular weight is 474 g/mol. The number of fused-ring (bicyclic) bond motifs is 1. The summed E-state index contributed by atoms with van der Waals surface area (Å²) in [5, 5.41) is 5.53. The lowest BCUT2D eigenvalue weighted by atomic mass is 10.0. The van der Waals surface area contributed by atoms with E-state index in [1.165, 1.54) is 18.6 Å². The Bertz CT molecular complexity index is 1260. The molecule has 0 atom stereocenters. The van der Waals surface area contributed by atoms with Gasteiger partial charge in [-0.25, -0.2) is 9.97 Å². The van der Waals surface area contributed by atoms with Crippen molar-refractivity contribution in [3.05, 3.63) is 71.9 Å². The summed E-state index contributed by atoms with van der Waals surface area (Å²) in [4.78, 5) is 52.2. The number of amides is 3. The van der Waals surface area contributed by atoms with Crippen LogP contribution in [0, 0.1) is 0 Å². The number of hydrogen-bond donors (Lipinski definition) is 2. The van der Waals surface area contributed by atoms with E-state index in [0.717, 1.165) is 0 Å². The molecule has 35 heavy (non-hydrogen) atoms. The Morgan fingerprint density at radius 2 is 1.69 bits per heavy atom. The zero-order valence-corrected chi connectivity index (χ0v) is 18.6. The minimum Gasteiger partial charge on any atom is -0.454 e. The van der Waals surface area contributed by atoms with Crippen LogP contribution in [0.5, 0.6) is 11.5 Å². The highest BCUT2D eigenvalue weighted by Gasteiger charge is 2.27. The maximum absolute atomic E-state index is 12.9. The summed E-state index contributed by atoms with van der Waals surface area (Å²) < 4.78 is 10.7. The number of rotatable bonds is 5. The van der Waals surface area contributed by atoms with Gasteiger partial charge < -0.3 is 25.0 Å². The van der Waals surface area contributed by atoms with Gasteiger partial charge in [0.2, 0.25) is 6.79 Å². The third-order valence-electron chi connectivity index (χ3n) is 5.78. The van der Waals surface area contributed by atoms with E-state index in [4.69, 9.17) is 9.47 Å². The van der Waals surface area contributed by atoms with Gasteiger partial charge >= 0.3 is 0 Å². The summed E-state index contributed by atoms with van der Waals surface area (Å²) in [6.45, 7) is 1.13. The van der Waals surface area contributed by atoms with Gasteiger partial charge in [-0.1, -0.05) is 6.07 Å². The number of carbonyl (C=O) groups excluding carboxylic acids is 3. The number of benzene rings is 1. The minimum absolute atomic E-state index is 0.00986. The maximum Gasteiger partial charge on any atom is 0.275 e. The number of piperidine rings is 1. The molecule has 0 saturated carbocycles. The van der Waals surface area contributed by atoms with Gasteiger partial charge in [-0.3, -0.25) is 19.4 Å². The van der Waals surface area contributed by atoms with Gasteiger partial charge in [0, 0.05) is 43.3 Å². The fraction of sp³-hybridized carbons (Fsp3) is 0.250. The topological polar surface area (TPSA) is 136 Å². The summed E-state index contributed by atoms with van der Waals surface area (Å²) in [7, 11) is 0. The summed E-state index contributed by atoms with van der Waals surface area (Å²) in [6, 6.07) is 9.94. The Labute approximate surface area is 200 Å². The lowest BCUT2D eigenvalue weighted by Gasteiger charge is -2.32. The van der Waals surface area contributed by atoms with E-state index in [9.17, 15) is 14.4 Å². The van der Waals surface area contributed by atoms with Crippen LogP contribution >= 0.6 is 0 Å². The number of hydrogen-bond acceptors (Lipinski definition) is 8. The molecule has 2 aliphatic rings. The van der Waals surface area contributed by atoms with E-state index in [1.54, 1.807) is 41.3 Å². The van der Waals surface area contributed by atoms with Crippen LogP contribution in [0.15, 0.2) is 55.0 Å². The molecule has 11 nitrogen and oxygen atoms in total. The lowest BCUT2D eigenvalue weighted by Crippen LogP contribution is -2.46. The quantitative estimate of drug-likeness (QED) is 0.572. The molecule has 2 aromatic heterocycles. The number of pyridine rings is 1. The predicted octanol–water partition coefficient (Wildman–Crippen LogP) is 1.89. The first-order chi connectivity index (χ1) is 17.1. The third kappa shape index (κ3) is 4.88. The SMILES string of the molecule is O=C(Nc1nccnc1C(=O)NC1CCN(C(=O)c2ccc3c(c2)OCO3)CC1)c1ccccn1. The molecule has 1 saturated heterocycles. The number of likely N-dealkylation sites (tertiary alicyclic amines) is 1. The highest BCUT2D eigenvalue weighted by Crippen LogP contribution is 2.33. The Balaban J connectivity index is 1.18. The minimum atomic E-state index is -0.490. The second-order valence-electron chi connectivity index (χ2n) is 8.03. The van der Waals surface area contributed by atoms with Crippen LogP contribution in [-0.2, 0) is 0 Å². The number of anilines is 1. The Kier molecular flexibility index (Phi) is 6.20. The van der Waals surface area contributed by atoms with Crippen molar-refractivity contribution in [3.63, 3.8) is 0 Å². The van der Waals surface area contributed by atoms with Crippen LogP contribution in [0.25, 0.3) is 0 Å².